The number of aliphatic hydroxyl groups excluding tert-OH is 1. The van der Waals surface area contributed by atoms with Gasteiger partial charge in [-0.25, -0.2) is 0 Å². The van der Waals surface area contributed by atoms with E-state index in [1.807, 2.05) is 31.4 Å². The van der Waals surface area contributed by atoms with Gasteiger partial charge in [0.05, 0.1) is 11.8 Å². The largest absolute Gasteiger partial charge is 0.387 e. The summed E-state index contributed by atoms with van der Waals surface area (Å²) in [5.41, 5.74) is 3.32. The average Bonchev–Trinajstić information content (AvgIpc) is 2.74. The molecule has 0 amide bonds. The summed E-state index contributed by atoms with van der Waals surface area (Å²) < 4.78 is 1.71. The molecule has 3 nitrogen and oxygen atoms in total. The molecular formula is C14H18N2O. The van der Waals surface area contributed by atoms with E-state index < -0.39 is 6.10 Å². The molecule has 17 heavy (non-hydrogen) atoms. The first kappa shape index (κ1) is 11.9. The second-order valence-electron chi connectivity index (χ2n) is 4.40. The molecule has 2 aromatic rings. The van der Waals surface area contributed by atoms with E-state index in [-0.39, 0.29) is 0 Å². The normalized spacial score (nSPS) is 12.6. The monoisotopic (exact) mass is 230 g/mol. The van der Waals surface area contributed by atoms with Crippen molar-refractivity contribution in [2.75, 3.05) is 0 Å². The highest BCUT2D eigenvalue weighted by atomic mass is 16.3. The van der Waals surface area contributed by atoms with Crippen LogP contribution in [0.4, 0.5) is 0 Å². The number of hydrogen-bond acceptors (Lipinski definition) is 2. The quantitative estimate of drug-likeness (QED) is 0.875. The van der Waals surface area contributed by atoms with Gasteiger partial charge in [-0.15, -0.1) is 0 Å². The second kappa shape index (κ2) is 5.15. The Kier molecular flexibility index (Phi) is 3.59. The number of aromatic nitrogens is 2. The summed E-state index contributed by atoms with van der Waals surface area (Å²) in [4.78, 5) is 0. The van der Waals surface area contributed by atoms with Crippen molar-refractivity contribution in [2.45, 2.75) is 25.9 Å². The van der Waals surface area contributed by atoms with Crippen LogP contribution in [0.1, 0.15) is 29.3 Å². The van der Waals surface area contributed by atoms with Crippen molar-refractivity contribution in [1.82, 2.24) is 9.78 Å². The zero-order chi connectivity index (χ0) is 12.3. The molecule has 0 aliphatic heterocycles. The van der Waals surface area contributed by atoms with Crippen molar-refractivity contribution in [3.63, 3.8) is 0 Å². The fourth-order valence-electron chi connectivity index (χ4n) is 1.94. The van der Waals surface area contributed by atoms with Gasteiger partial charge >= 0.3 is 0 Å². The van der Waals surface area contributed by atoms with Crippen molar-refractivity contribution in [3.05, 3.63) is 53.3 Å². The Hall–Kier alpha value is -1.61. The molecule has 1 unspecified atom stereocenters. The molecule has 0 aliphatic rings. The van der Waals surface area contributed by atoms with E-state index in [0.29, 0.717) is 6.42 Å². The third-order valence-electron chi connectivity index (χ3n) is 3.02. The SMILES string of the molecule is Cc1ccccc1CCC(O)c1ccn(C)n1. The lowest BCUT2D eigenvalue weighted by atomic mass is 10.0. The van der Waals surface area contributed by atoms with Crippen molar-refractivity contribution in [3.8, 4) is 0 Å². The first-order valence-corrected chi connectivity index (χ1v) is 5.89. The Bertz CT molecular complexity index is 490. The van der Waals surface area contributed by atoms with Crippen LogP contribution < -0.4 is 0 Å². The molecule has 2 rings (SSSR count). The van der Waals surface area contributed by atoms with Crippen LogP contribution in [0.25, 0.3) is 0 Å². The highest BCUT2D eigenvalue weighted by Crippen LogP contribution is 2.18. The summed E-state index contributed by atoms with van der Waals surface area (Å²) in [6.45, 7) is 2.10. The maximum Gasteiger partial charge on any atom is 0.0981 e. The average molecular weight is 230 g/mol. The van der Waals surface area contributed by atoms with E-state index in [9.17, 15) is 5.11 Å². The predicted molar refractivity (Wildman–Crippen MR) is 67.7 cm³/mol. The minimum absolute atomic E-state index is 0.476. The van der Waals surface area contributed by atoms with Crippen molar-refractivity contribution < 1.29 is 5.11 Å². The van der Waals surface area contributed by atoms with Gasteiger partial charge in [0.2, 0.25) is 0 Å². The van der Waals surface area contributed by atoms with Crippen molar-refractivity contribution in [2.24, 2.45) is 7.05 Å². The van der Waals surface area contributed by atoms with Gasteiger partial charge in [0.25, 0.3) is 0 Å². The lowest BCUT2D eigenvalue weighted by molar-refractivity contribution is 0.162. The second-order valence-corrected chi connectivity index (χ2v) is 4.40. The van der Waals surface area contributed by atoms with E-state index in [2.05, 4.69) is 24.2 Å². The standard InChI is InChI=1S/C14H18N2O/c1-11-5-3-4-6-12(11)7-8-14(17)13-9-10-16(2)15-13/h3-6,9-10,14,17H,7-8H2,1-2H3. The van der Waals surface area contributed by atoms with Gasteiger partial charge in [0, 0.05) is 13.2 Å². The lowest BCUT2D eigenvalue weighted by Gasteiger charge is -2.09. The molecule has 0 spiro atoms. The zero-order valence-corrected chi connectivity index (χ0v) is 10.3. The summed E-state index contributed by atoms with van der Waals surface area (Å²) in [5.74, 6) is 0. The molecule has 0 radical (unpaired) electrons. The van der Waals surface area contributed by atoms with Crippen LogP contribution in [0.2, 0.25) is 0 Å². The topological polar surface area (TPSA) is 38.0 Å². The Morgan fingerprint density at radius 3 is 2.71 bits per heavy atom. The molecule has 1 atom stereocenters. The molecule has 0 bridgehead atoms. The van der Waals surface area contributed by atoms with E-state index in [4.69, 9.17) is 0 Å². The van der Waals surface area contributed by atoms with Crippen LogP contribution in [0.3, 0.4) is 0 Å². The summed E-state index contributed by atoms with van der Waals surface area (Å²) >= 11 is 0. The summed E-state index contributed by atoms with van der Waals surface area (Å²) in [7, 11) is 1.86. The van der Waals surface area contributed by atoms with E-state index in [0.717, 1.165) is 12.1 Å². The van der Waals surface area contributed by atoms with Crippen LogP contribution in [-0.2, 0) is 13.5 Å². The van der Waals surface area contributed by atoms with Gasteiger partial charge in [0.1, 0.15) is 0 Å². The third kappa shape index (κ3) is 2.94. The Morgan fingerprint density at radius 2 is 2.06 bits per heavy atom. The molecule has 0 saturated heterocycles. The van der Waals surface area contributed by atoms with Gasteiger partial charge in [-0.05, 0) is 37.0 Å². The van der Waals surface area contributed by atoms with Gasteiger partial charge < -0.3 is 5.11 Å². The number of hydrogen-bond donors (Lipinski definition) is 1. The number of benzene rings is 1. The Labute approximate surface area is 102 Å². The summed E-state index contributed by atoms with van der Waals surface area (Å²) in [5, 5.41) is 14.2. The lowest BCUT2D eigenvalue weighted by Crippen LogP contribution is -2.02. The maximum absolute atomic E-state index is 10.0. The minimum atomic E-state index is -0.476. The molecule has 0 fully saturated rings. The molecule has 1 heterocycles. The van der Waals surface area contributed by atoms with Gasteiger partial charge in [0.15, 0.2) is 0 Å². The smallest absolute Gasteiger partial charge is 0.0981 e. The molecule has 3 heteroatoms. The minimum Gasteiger partial charge on any atom is -0.387 e. The van der Waals surface area contributed by atoms with Crippen molar-refractivity contribution in [1.29, 1.82) is 0 Å². The number of rotatable bonds is 4. The molecular weight excluding hydrogens is 212 g/mol. The van der Waals surface area contributed by atoms with E-state index in [1.165, 1.54) is 11.1 Å². The first-order chi connectivity index (χ1) is 8.16. The Morgan fingerprint density at radius 1 is 1.29 bits per heavy atom. The van der Waals surface area contributed by atoms with Gasteiger partial charge in [-0.3, -0.25) is 4.68 Å². The highest BCUT2D eigenvalue weighted by molar-refractivity contribution is 5.25. The summed E-state index contributed by atoms with van der Waals surface area (Å²) in [6, 6.07) is 10.1. The van der Waals surface area contributed by atoms with Crippen LogP contribution in [0, 0.1) is 6.92 Å². The predicted octanol–water partition coefficient (Wildman–Crippen LogP) is 2.39. The molecule has 90 valence electrons. The van der Waals surface area contributed by atoms with Crippen LogP contribution in [0.5, 0.6) is 0 Å². The fraction of sp³-hybridized carbons (Fsp3) is 0.357. The van der Waals surface area contributed by atoms with Gasteiger partial charge in [-0.1, -0.05) is 24.3 Å². The van der Waals surface area contributed by atoms with Gasteiger partial charge in [-0.2, -0.15) is 5.10 Å². The number of aryl methyl sites for hydroxylation is 3. The van der Waals surface area contributed by atoms with E-state index >= 15 is 0 Å². The van der Waals surface area contributed by atoms with Crippen LogP contribution in [-0.4, -0.2) is 14.9 Å². The molecule has 1 N–H and O–H groups in total. The van der Waals surface area contributed by atoms with Crippen LogP contribution in [0.15, 0.2) is 36.5 Å². The zero-order valence-electron chi connectivity index (χ0n) is 10.3. The molecule has 0 saturated carbocycles. The molecule has 0 aliphatic carbocycles. The number of aliphatic hydroxyl groups is 1. The fourth-order valence-corrected chi connectivity index (χ4v) is 1.94. The first-order valence-electron chi connectivity index (χ1n) is 5.89. The maximum atomic E-state index is 10.0. The highest BCUT2D eigenvalue weighted by Gasteiger charge is 2.10. The molecule has 1 aromatic heterocycles. The summed E-state index contributed by atoms with van der Waals surface area (Å²) in [6.07, 6.45) is 2.97. The van der Waals surface area contributed by atoms with Crippen molar-refractivity contribution >= 4 is 0 Å². The molecule has 1 aromatic carbocycles. The van der Waals surface area contributed by atoms with E-state index in [1.54, 1.807) is 4.68 Å². The van der Waals surface area contributed by atoms with Crippen LogP contribution >= 0.6 is 0 Å². The Balaban J connectivity index is 1.97. The number of nitrogens with zero attached hydrogens (tertiary/aromatic N) is 2. The third-order valence-corrected chi connectivity index (χ3v) is 3.02.